The molecule has 0 bridgehead atoms. The molecule has 0 radical (unpaired) electrons. The molecule has 0 fully saturated rings. The molecular weight excluding hydrogens is 152 g/mol. The van der Waals surface area contributed by atoms with E-state index in [1.165, 1.54) is 0 Å². The lowest BCUT2D eigenvalue weighted by Gasteiger charge is -2.19. The molecule has 0 heterocycles. The topological polar surface area (TPSA) is 18.5 Å². The second-order valence-electron chi connectivity index (χ2n) is 4.36. The summed E-state index contributed by atoms with van der Waals surface area (Å²) in [5, 5.41) is 0. The third-order valence-electron chi connectivity index (χ3n) is 1.61. The van der Waals surface area contributed by atoms with Crippen LogP contribution in [0.4, 0.5) is 0 Å². The highest BCUT2D eigenvalue weighted by atomic mass is 17.2. The molecule has 0 aromatic heterocycles. The van der Waals surface area contributed by atoms with E-state index >= 15 is 0 Å². The van der Waals surface area contributed by atoms with Crippen molar-refractivity contribution in [3.8, 4) is 0 Å². The maximum Gasteiger partial charge on any atom is 0.0924 e. The molecule has 2 heteroatoms. The molecule has 0 aromatic carbocycles. The Morgan fingerprint density at radius 2 is 1.58 bits per heavy atom. The van der Waals surface area contributed by atoms with Gasteiger partial charge in [0.15, 0.2) is 0 Å². The second-order valence-corrected chi connectivity index (χ2v) is 4.36. The molecule has 0 saturated carbocycles. The highest BCUT2D eigenvalue weighted by Crippen LogP contribution is 2.14. The number of rotatable bonds is 5. The third kappa shape index (κ3) is 6.62. The Kier molecular flexibility index (Phi) is 5.51. The quantitative estimate of drug-likeness (QED) is 0.471. The predicted octanol–water partition coefficient (Wildman–Crippen LogP) is 3.17. The Morgan fingerprint density at radius 3 is 1.92 bits per heavy atom. The molecule has 0 aliphatic heterocycles. The minimum absolute atomic E-state index is 0.187. The number of hydrogen-bond acceptors (Lipinski definition) is 2. The first-order valence-electron chi connectivity index (χ1n) is 4.78. The molecular formula is C10H22O2. The van der Waals surface area contributed by atoms with E-state index in [9.17, 15) is 0 Å². The fourth-order valence-electron chi connectivity index (χ4n) is 0.732. The minimum Gasteiger partial charge on any atom is -0.236 e. The van der Waals surface area contributed by atoms with Gasteiger partial charge in [0.05, 0.1) is 12.7 Å². The van der Waals surface area contributed by atoms with E-state index in [1.807, 2.05) is 0 Å². The average Bonchev–Trinajstić information content (AvgIpc) is 1.96. The Bertz CT molecular complexity index is 101. The first-order valence-corrected chi connectivity index (χ1v) is 4.78. The molecule has 0 aliphatic rings. The molecule has 0 N–H and O–H groups in total. The van der Waals surface area contributed by atoms with Crippen molar-refractivity contribution in [1.82, 2.24) is 0 Å². The van der Waals surface area contributed by atoms with Crippen LogP contribution in [0.15, 0.2) is 0 Å². The highest BCUT2D eigenvalue weighted by molar-refractivity contribution is 4.57. The van der Waals surface area contributed by atoms with Crippen LogP contribution in [0, 0.1) is 5.41 Å². The van der Waals surface area contributed by atoms with Gasteiger partial charge in [0.1, 0.15) is 0 Å². The van der Waals surface area contributed by atoms with Gasteiger partial charge in [-0.15, -0.1) is 0 Å². The maximum absolute atomic E-state index is 5.22. The minimum atomic E-state index is 0.187. The zero-order valence-electron chi connectivity index (χ0n) is 9.02. The Labute approximate surface area is 76.2 Å². The van der Waals surface area contributed by atoms with Crippen molar-refractivity contribution < 1.29 is 9.78 Å². The molecule has 0 atom stereocenters. The molecule has 0 aromatic rings. The van der Waals surface area contributed by atoms with Gasteiger partial charge in [-0.25, -0.2) is 9.78 Å². The number of hydrogen-bond donors (Lipinski definition) is 0. The fourth-order valence-corrected chi connectivity index (χ4v) is 0.732. The third-order valence-corrected chi connectivity index (χ3v) is 1.61. The van der Waals surface area contributed by atoms with Gasteiger partial charge in [0.2, 0.25) is 0 Å². The van der Waals surface area contributed by atoms with Crippen LogP contribution in [0.3, 0.4) is 0 Å². The lowest BCUT2D eigenvalue weighted by Crippen LogP contribution is -2.18. The van der Waals surface area contributed by atoms with Crippen LogP contribution in [0.2, 0.25) is 0 Å². The van der Waals surface area contributed by atoms with Crippen molar-refractivity contribution >= 4 is 0 Å². The highest BCUT2D eigenvalue weighted by Gasteiger charge is 2.12. The Morgan fingerprint density at radius 1 is 1.08 bits per heavy atom. The lowest BCUT2D eigenvalue weighted by atomic mass is 9.99. The lowest BCUT2D eigenvalue weighted by molar-refractivity contribution is -0.335. The second kappa shape index (κ2) is 5.55. The van der Waals surface area contributed by atoms with Crippen molar-refractivity contribution in [3.05, 3.63) is 0 Å². The van der Waals surface area contributed by atoms with Crippen LogP contribution in [-0.4, -0.2) is 12.7 Å². The summed E-state index contributed by atoms with van der Waals surface area (Å²) in [5.41, 5.74) is 0.187. The van der Waals surface area contributed by atoms with Gasteiger partial charge in [0, 0.05) is 0 Å². The summed E-state index contributed by atoms with van der Waals surface area (Å²) in [7, 11) is 0. The summed E-state index contributed by atoms with van der Waals surface area (Å²) in [6, 6.07) is 0. The smallest absolute Gasteiger partial charge is 0.0924 e. The van der Waals surface area contributed by atoms with Gasteiger partial charge in [0.25, 0.3) is 0 Å². The van der Waals surface area contributed by atoms with Crippen LogP contribution >= 0.6 is 0 Å². The predicted molar refractivity (Wildman–Crippen MR) is 50.9 cm³/mol. The van der Waals surface area contributed by atoms with Crippen molar-refractivity contribution in [2.45, 2.75) is 53.6 Å². The first-order chi connectivity index (χ1) is 5.49. The fraction of sp³-hybridized carbons (Fsp3) is 1.00. The zero-order chi connectivity index (χ0) is 9.61. The SMILES string of the molecule is CCC(CC)OOCC(C)(C)C. The average molecular weight is 174 g/mol. The largest absolute Gasteiger partial charge is 0.236 e. The molecule has 74 valence electrons. The van der Waals surface area contributed by atoms with Crippen molar-refractivity contribution in [1.29, 1.82) is 0 Å². The van der Waals surface area contributed by atoms with Crippen molar-refractivity contribution in [2.75, 3.05) is 6.61 Å². The van der Waals surface area contributed by atoms with Crippen molar-refractivity contribution in [2.24, 2.45) is 5.41 Å². The molecule has 0 rings (SSSR count). The normalized spacial score (nSPS) is 12.5. The Balaban J connectivity index is 3.41. The van der Waals surface area contributed by atoms with Crippen LogP contribution < -0.4 is 0 Å². The van der Waals surface area contributed by atoms with E-state index in [4.69, 9.17) is 9.78 Å². The molecule has 0 aliphatic carbocycles. The summed E-state index contributed by atoms with van der Waals surface area (Å²) in [5.74, 6) is 0. The van der Waals surface area contributed by atoms with E-state index in [0.717, 1.165) is 12.8 Å². The molecule has 0 saturated heterocycles. The van der Waals surface area contributed by atoms with E-state index in [-0.39, 0.29) is 11.5 Å². The van der Waals surface area contributed by atoms with Crippen LogP contribution in [0.1, 0.15) is 47.5 Å². The van der Waals surface area contributed by atoms with Gasteiger partial charge in [-0.1, -0.05) is 34.6 Å². The van der Waals surface area contributed by atoms with Gasteiger partial charge in [-0.3, -0.25) is 0 Å². The summed E-state index contributed by atoms with van der Waals surface area (Å²) in [6.45, 7) is 11.3. The molecule has 0 unspecified atom stereocenters. The molecule has 2 nitrogen and oxygen atoms in total. The maximum atomic E-state index is 5.22. The standard InChI is InChI=1S/C10H22O2/c1-6-9(7-2)12-11-8-10(3,4)5/h9H,6-8H2,1-5H3. The van der Waals surface area contributed by atoms with Crippen LogP contribution in [-0.2, 0) is 9.78 Å². The van der Waals surface area contributed by atoms with Gasteiger partial charge in [-0.05, 0) is 18.3 Å². The molecule has 0 amide bonds. The Hall–Kier alpha value is -0.0800. The van der Waals surface area contributed by atoms with Crippen molar-refractivity contribution in [3.63, 3.8) is 0 Å². The van der Waals surface area contributed by atoms with E-state index in [0.29, 0.717) is 6.61 Å². The van der Waals surface area contributed by atoms with Gasteiger partial charge in [-0.2, -0.15) is 0 Å². The summed E-state index contributed by atoms with van der Waals surface area (Å²) < 4.78 is 0. The van der Waals surface area contributed by atoms with Crippen LogP contribution in [0.25, 0.3) is 0 Å². The van der Waals surface area contributed by atoms with Crippen LogP contribution in [0.5, 0.6) is 0 Å². The first kappa shape index (κ1) is 11.9. The molecule has 0 spiro atoms. The van der Waals surface area contributed by atoms with E-state index in [2.05, 4.69) is 34.6 Å². The van der Waals surface area contributed by atoms with Gasteiger partial charge >= 0.3 is 0 Å². The molecule has 12 heavy (non-hydrogen) atoms. The van der Waals surface area contributed by atoms with E-state index in [1.54, 1.807) is 0 Å². The summed E-state index contributed by atoms with van der Waals surface area (Å²) in [4.78, 5) is 10.4. The summed E-state index contributed by atoms with van der Waals surface area (Å²) >= 11 is 0. The zero-order valence-corrected chi connectivity index (χ0v) is 9.02. The summed E-state index contributed by atoms with van der Waals surface area (Å²) in [6.07, 6.45) is 2.29. The van der Waals surface area contributed by atoms with Gasteiger partial charge < -0.3 is 0 Å². The monoisotopic (exact) mass is 174 g/mol. The van der Waals surface area contributed by atoms with E-state index < -0.39 is 0 Å².